The number of benzene rings is 1. The molecule has 1 saturated heterocycles. The first-order chi connectivity index (χ1) is 11.8. The molecule has 24 heavy (non-hydrogen) atoms. The topological polar surface area (TPSA) is 41.6 Å². The Kier molecular flexibility index (Phi) is 6.13. The molecule has 1 aromatic carbocycles. The van der Waals surface area contributed by atoms with Gasteiger partial charge in [0.05, 0.1) is 13.2 Å². The van der Waals surface area contributed by atoms with E-state index in [9.17, 15) is 4.79 Å². The molecule has 0 bridgehead atoms. The van der Waals surface area contributed by atoms with E-state index in [1.807, 2.05) is 18.2 Å². The van der Waals surface area contributed by atoms with Crippen LogP contribution in [-0.2, 0) is 4.79 Å². The Labute approximate surface area is 145 Å². The molecule has 2 fully saturated rings. The summed E-state index contributed by atoms with van der Waals surface area (Å²) in [6, 6.07) is 8.16. The summed E-state index contributed by atoms with van der Waals surface area (Å²) in [5, 5.41) is 3.43. The van der Waals surface area contributed by atoms with Crippen molar-refractivity contribution in [2.24, 2.45) is 5.92 Å². The number of methoxy groups -OCH3 is 1. The van der Waals surface area contributed by atoms with Crippen LogP contribution >= 0.6 is 0 Å². The normalized spacial score (nSPS) is 22.9. The zero-order valence-corrected chi connectivity index (χ0v) is 14.8. The van der Waals surface area contributed by atoms with Crippen molar-refractivity contribution >= 4 is 5.91 Å². The molecule has 1 unspecified atom stereocenters. The number of rotatable bonds is 4. The van der Waals surface area contributed by atoms with Crippen LogP contribution in [0.25, 0.3) is 0 Å². The molecule has 0 spiro atoms. The van der Waals surface area contributed by atoms with Gasteiger partial charge in [-0.2, -0.15) is 0 Å². The highest BCUT2D eigenvalue weighted by Gasteiger charge is 2.30. The van der Waals surface area contributed by atoms with Crippen molar-refractivity contribution < 1.29 is 9.53 Å². The maximum absolute atomic E-state index is 13.0. The Morgan fingerprint density at radius 1 is 1.21 bits per heavy atom. The van der Waals surface area contributed by atoms with E-state index in [0.717, 1.165) is 30.9 Å². The van der Waals surface area contributed by atoms with Crippen molar-refractivity contribution in [3.05, 3.63) is 29.8 Å². The predicted octanol–water partition coefficient (Wildman–Crippen LogP) is 3.53. The lowest BCUT2D eigenvalue weighted by Gasteiger charge is -2.37. The molecule has 3 rings (SSSR count). The molecule has 1 amide bonds. The average molecular weight is 330 g/mol. The van der Waals surface area contributed by atoms with Gasteiger partial charge in [0.2, 0.25) is 5.91 Å². The lowest BCUT2D eigenvalue weighted by atomic mass is 9.94. The molecule has 0 aromatic heterocycles. The molecule has 1 N–H and O–H groups in total. The maximum Gasteiger partial charge on any atom is 0.223 e. The average Bonchev–Trinajstić information content (AvgIpc) is 2.90. The summed E-state index contributed by atoms with van der Waals surface area (Å²) in [4.78, 5) is 15.1. The zero-order valence-electron chi connectivity index (χ0n) is 14.8. The number of hydrogen-bond donors (Lipinski definition) is 1. The number of piperazine rings is 1. The zero-order chi connectivity index (χ0) is 16.8. The predicted molar refractivity (Wildman–Crippen MR) is 96.1 cm³/mol. The van der Waals surface area contributed by atoms with Crippen LogP contribution in [0.4, 0.5) is 0 Å². The summed E-state index contributed by atoms with van der Waals surface area (Å²) >= 11 is 0. The number of hydrogen-bond acceptors (Lipinski definition) is 3. The number of amides is 1. The summed E-state index contributed by atoms with van der Waals surface area (Å²) < 4.78 is 5.53. The van der Waals surface area contributed by atoms with Crippen LogP contribution in [0.15, 0.2) is 24.3 Å². The van der Waals surface area contributed by atoms with Crippen molar-refractivity contribution in [2.45, 2.75) is 51.0 Å². The summed E-state index contributed by atoms with van der Waals surface area (Å²) in [6.07, 6.45) is 8.40. The van der Waals surface area contributed by atoms with E-state index in [4.69, 9.17) is 4.74 Å². The fourth-order valence-corrected chi connectivity index (χ4v) is 4.15. The number of carbonyl (C=O) groups is 1. The van der Waals surface area contributed by atoms with Crippen LogP contribution in [0.2, 0.25) is 0 Å². The van der Waals surface area contributed by atoms with Gasteiger partial charge in [-0.15, -0.1) is 0 Å². The summed E-state index contributed by atoms with van der Waals surface area (Å²) in [6.45, 7) is 2.47. The maximum atomic E-state index is 13.0. The Balaban J connectivity index is 1.72. The van der Waals surface area contributed by atoms with Crippen LogP contribution in [0.1, 0.15) is 56.6 Å². The minimum Gasteiger partial charge on any atom is -0.496 e. The third kappa shape index (κ3) is 4.10. The standard InChI is InChI=1S/C20H30N2O2/c1-24-19-11-7-6-10-17(19)18-15-21-12-13-22(18)20(23)14-16-8-4-2-3-5-9-16/h6-7,10-11,16,18,21H,2-5,8-9,12-15H2,1H3. The van der Waals surface area contributed by atoms with Crippen LogP contribution in [-0.4, -0.2) is 37.6 Å². The molecule has 0 radical (unpaired) electrons. The van der Waals surface area contributed by atoms with E-state index in [0.29, 0.717) is 18.2 Å². The molecular weight excluding hydrogens is 300 g/mol. The lowest BCUT2D eigenvalue weighted by Crippen LogP contribution is -2.49. The molecule has 132 valence electrons. The number of nitrogens with zero attached hydrogens (tertiary/aromatic N) is 1. The van der Waals surface area contributed by atoms with Gasteiger partial charge in [-0.3, -0.25) is 4.79 Å². The van der Waals surface area contributed by atoms with Crippen LogP contribution < -0.4 is 10.1 Å². The minimum atomic E-state index is 0.0770. The molecule has 1 heterocycles. The van der Waals surface area contributed by atoms with Gasteiger partial charge in [0.1, 0.15) is 5.75 Å². The molecular formula is C20H30N2O2. The monoisotopic (exact) mass is 330 g/mol. The van der Waals surface area contributed by atoms with E-state index in [-0.39, 0.29) is 6.04 Å². The molecule has 1 saturated carbocycles. The molecule has 1 aliphatic heterocycles. The van der Waals surface area contributed by atoms with E-state index >= 15 is 0 Å². The smallest absolute Gasteiger partial charge is 0.223 e. The molecule has 1 atom stereocenters. The highest BCUT2D eigenvalue weighted by atomic mass is 16.5. The van der Waals surface area contributed by atoms with Gasteiger partial charge in [-0.05, 0) is 24.8 Å². The van der Waals surface area contributed by atoms with Gasteiger partial charge in [0, 0.05) is 31.6 Å². The quantitative estimate of drug-likeness (QED) is 0.859. The first-order valence-corrected chi connectivity index (χ1v) is 9.42. The van der Waals surface area contributed by atoms with Gasteiger partial charge in [0.15, 0.2) is 0 Å². The van der Waals surface area contributed by atoms with Crippen LogP contribution in [0.5, 0.6) is 5.75 Å². The molecule has 1 aromatic rings. The fraction of sp³-hybridized carbons (Fsp3) is 0.650. The van der Waals surface area contributed by atoms with E-state index in [2.05, 4.69) is 16.3 Å². The van der Waals surface area contributed by atoms with Crippen LogP contribution in [0, 0.1) is 5.92 Å². The Hall–Kier alpha value is -1.55. The molecule has 4 heteroatoms. The van der Waals surface area contributed by atoms with Gasteiger partial charge in [-0.1, -0.05) is 43.9 Å². The van der Waals surface area contributed by atoms with E-state index in [1.54, 1.807) is 7.11 Å². The van der Waals surface area contributed by atoms with Crippen molar-refractivity contribution in [1.82, 2.24) is 10.2 Å². The molecule has 1 aliphatic carbocycles. The largest absolute Gasteiger partial charge is 0.496 e. The molecule has 2 aliphatic rings. The highest BCUT2D eigenvalue weighted by Crippen LogP contribution is 2.32. The van der Waals surface area contributed by atoms with Crippen molar-refractivity contribution in [2.75, 3.05) is 26.7 Å². The number of para-hydroxylation sites is 1. The summed E-state index contributed by atoms with van der Waals surface area (Å²) in [7, 11) is 1.70. The Morgan fingerprint density at radius 3 is 2.71 bits per heavy atom. The van der Waals surface area contributed by atoms with Crippen molar-refractivity contribution in [3.63, 3.8) is 0 Å². The first kappa shape index (κ1) is 17.3. The van der Waals surface area contributed by atoms with E-state index in [1.165, 1.54) is 38.5 Å². The Bertz CT molecular complexity index is 538. The van der Waals surface area contributed by atoms with Crippen LogP contribution in [0.3, 0.4) is 0 Å². The lowest BCUT2D eigenvalue weighted by molar-refractivity contribution is -0.135. The first-order valence-electron chi connectivity index (χ1n) is 9.42. The summed E-state index contributed by atoms with van der Waals surface area (Å²) in [5.74, 6) is 1.77. The summed E-state index contributed by atoms with van der Waals surface area (Å²) in [5.41, 5.74) is 1.11. The Morgan fingerprint density at radius 2 is 1.96 bits per heavy atom. The van der Waals surface area contributed by atoms with Crippen molar-refractivity contribution in [1.29, 1.82) is 0 Å². The second kappa shape index (κ2) is 8.52. The van der Waals surface area contributed by atoms with Crippen molar-refractivity contribution in [3.8, 4) is 5.75 Å². The van der Waals surface area contributed by atoms with E-state index < -0.39 is 0 Å². The number of ether oxygens (including phenoxy) is 1. The molecule has 4 nitrogen and oxygen atoms in total. The number of carbonyl (C=O) groups excluding carboxylic acids is 1. The van der Waals surface area contributed by atoms with Gasteiger partial charge in [-0.25, -0.2) is 0 Å². The second-order valence-corrected chi connectivity index (χ2v) is 7.11. The van der Waals surface area contributed by atoms with Gasteiger partial charge in [0.25, 0.3) is 0 Å². The number of nitrogens with one attached hydrogen (secondary N) is 1. The second-order valence-electron chi connectivity index (χ2n) is 7.11. The van der Waals surface area contributed by atoms with Gasteiger partial charge < -0.3 is 15.0 Å². The van der Waals surface area contributed by atoms with Gasteiger partial charge >= 0.3 is 0 Å². The third-order valence-electron chi connectivity index (χ3n) is 5.50. The highest BCUT2D eigenvalue weighted by molar-refractivity contribution is 5.77. The SMILES string of the molecule is COc1ccccc1C1CNCCN1C(=O)CC1CCCCCC1. The third-order valence-corrected chi connectivity index (χ3v) is 5.50. The minimum absolute atomic E-state index is 0.0770. The fourth-order valence-electron chi connectivity index (χ4n) is 4.15.